The fourth-order valence-electron chi connectivity index (χ4n) is 6.24. The first-order chi connectivity index (χ1) is 23.8. The summed E-state index contributed by atoms with van der Waals surface area (Å²) in [6.07, 6.45) is 7.97. The first-order valence-electron chi connectivity index (χ1n) is 16.2. The third-order valence-electron chi connectivity index (χ3n) is 8.76. The normalized spacial score (nSPS) is 17.1. The van der Waals surface area contributed by atoms with Gasteiger partial charge in [-0.05, 0) is 31.0 Å². The Morgan fingerprint density at radius 3 is 2.16 bits per heavy atom. The van der Waals surface area contributed by atoms with Crippen LogP contribution in [0, 0.1) is 0 Å². The van der Waals surface area contributed by atoms with Crippen molar-refractivity contribution in [3.05, 3.63) is 82.2 Å². The minimum absolute atomic E-state index is 0.0903. The summed E-state index contributed by atoms with van der Waals surface area (Å²) in [6.45, 7) is 2.45. The second-order valence-electron chi connectivity index (χ2n) is 12.1. The Hall–Kier alpha value is -4.42. The van der Waals surface area contributed by atoms with Crippen LogP contribution in [0.2, 0.25) is 10.0 Å². The molecule has 0 saturated carbocycles. The highest BCUT2D eigenvalue weighted by Crippen LogP contribution is 2.42. The number of aromatic nitrogens is 2. The Kier molecular flexibility index (Phi) is 11.1. The number of pyridine rings is 2. The quantitative estimate of drug-likeness (QED) is 0.113. The third kappa shape index (κ3) is 8.08. The second-order valence-corrected chi connectivity index (χ2v) is 12.8. The molecular formula is C36H39Cl2N7O4. The number of hydrogen-bond acceptors (Lipinski definition) is 9. The minimum atomic E-state index is 0.0903. The Bertz CT molecular complexity index is 1840. The molecule has 0 unspecified atom stereocenters. The number of methoxy groups -OCH3 is 2. The van der Waals surface area contributed by atoms with Crippen molar-refractivity contribution in [3.8, 4) is 33.9 Å². The molecule has 5 N–H and O–H groups in total. The second kappa shape index (κ2) is 15.9. The Morgan fingerprint density at radius 1 is 0.816 bits per heavy atom. The average molecular weight is 705 g/mol. The number of anilines is 2. The first kappa shape index (κ1) is 34.4. The predicted molar refractivity (Wildman–Crippen MR) is 191 cm³/mol. The molecule has 256 valence electrons. The molecule has 4 aromatic rings. The molecule has 2 aliphatic rings. The van der Waals surface area contributed by atoms with Crippen LogP contribution in [0.15, 0.2) is 61.1 Å². The van der Waals surface area contributed by atoms with E-state index in [1.54, 1.807) is 32.8 Å². The number of nitrogens with one attached hydrogen (secondary N) is 5. The largest absolute Gasteiger partial charge is 0.496 e. The molecule has 0 bridgehead atoms. The fraction of sp³-hybridized carbons (Fsp3) is 0.333. The standard InChI is InChI=1S/C36H39Cl2N7O4/c1-48-30-14-21(6-7-22(30)15-39-18-24-8-10-31(46)43-24)35-34(38)27(12-13-42-35)26-4-3-5-28(33(26)37)45-29-20-41-17-23(36(29)49-2)16-40-19-25-9-11-32(47)44-25/h3-7,12-14,17,20,24-25,39-40,45H,8-11,15-16,18-19H2,1-2H3,(H,43,46)(H,44,47)/t24-,25+/m1/s1. The molecule has 6 rings (SSSR count). The van der Waals surface area contributed by atoms with E-state index in [4.69, 9.17) is 32.7 Å². The molecular weight excluding hydrogens is 665 g/mol. The lowest BCUT2D eigenvalue weighted by Gasteiger charge is -2.18. The number of rotatable bonds is 14. The van der Waals surface area contributed by atoms with E-state index < -0.39 is 0 Å². The van der Waals surface area contributed by atoms with Crippen molar-refractivity contribution < 1.29 is 19.1 Å². The van der Waals surface area contributed by atoms with E-state index in [1.165, 1.54) is 0 Å². The highest BCUT2D eigenvalue weighted by Gasteiger charge is 2.22. The number of carbonyl (C=O) groups excluding carboxylic acids is 2. The van der Waals surface area contributed by atoms with Gasteiger partial charge in [-0.15, -0.1) is 0 Å². The van der Waals surface area contributed by atoms with E-state index in [-0.39, 0.29) is 23.9 Å². The summed E-state index contributed by atoms with van der Waals surface area (Å²) in [6, 6.07) is 13.7. The number of amides is 2. The monoisotopic (exact) mass is 703 g/mol. The van der Waals surface area contributed by atoms with Crippen molar-refractivity contribution in [1.82, 2.24) is 31.2 Å². The van der Waals surface area contributed by atoms with E-state index in [2.05, 4.69) is 36.6 Å². The molecule has 2 saturated heterocycles. The van der Waals surface area contributed by atoms with Crippen molar-refractivity contribution in [2.24, 2.45) is 0 Å². The lowest BCUT2D eigenvalue weighted by Crippen LogP contribution is -2.35. The first-order valence-corrected chi connectivity index (χ1v) is 17.0. The summed E-state index contributed by atoms with van der Waals surface area (Å²) in [5.41, 5.74) is 6.03. The highest BCUT2D eigenvalue weighted by atomic mass is 35.5. The molecule has 2 aliphatic heterocycles. The van der Waals surface area contributed by atoms with Crippen molar-refractivity contribution in [2.75, 3.05) is 32.6 Å². The van der Waals surface area contributed by atoms with Gasteiger partial charge in [0, 0.05) is 91.3 Å². The molecule has 0 spiro atoms. The van der Waals surface area contributed by atoms with E-state index in [1.807, 2.05) is 42.5 Å². The van der Waals surface area contributed by atoms with E-state index >= 15 is 0 Å². The molecule has 2 amide bonds. The van der Waals surface area contributed by atoms with Crippen LogP contribution < -0.4 is 36.1 Å². The number of ether oxygens (including phenoxy) is 2. The maximum atomic E-state index is 11.5. The predicted octanol–water partition coefficient (Wildman–Crippen LogP) is 5.61. The number of benzene rings is 2. The molecule has 0 radical (unpaired) electrons. The number of carbonyl (C=O) groups is 2. The van der Waals surface area contributed by atoms with Crippen molar-refractivity contribution in [2.45, 2.75) is 50.9 Å². The van der Waals surface area contributed by atoms with Crippen LogP contribution in [0.3, 0.4) is 0 Å². The van der Waals surface area contributed by atoms with Gasteiger partial charge in [0.05, 0.1) is 41.8 Å². The maximum absolute atomic E-state index is 11.5. The van der Waals surface area contributed by atoms with Gasteiger partial charge < -0.3 is 36.1 Å². The van der Waals surface area contributed by atoms with Gasteiger partial charge in [-0.1, -0.05) is 47.5 Å². The van der Waals surface area contributed by atoms with E-state index in [0.717, 1.165) is 40.7 Å². The number of nitrogens with zero attached hydrogens (tertiary/aromatic N) is 2. The van der Waals surface area contributed by atoms with Gasteiger partial charge in [0.2, 0.25) is 11.8 Å². The van der Waals surface area contributed by atoms with Crippen LogP contribution in [0.1, 0.15) is 36.8 Å². The third-order valence-corrected chi connectivity index (χ3v) is 9.55. The highest BCUT2D eigenvalue weighted by molar-refractivity contribution is 6.39. The molecule has 4 heterocycles. The molecule has 11 nitrogen and oxygen atoms in total. The molecule has 2 aromatic carbocycles. The minimum Gasteiger partial charge on any atom is -0.496 e. The number of halogens is 2. The van der Waals surface area contributed by atoms with Crippen LogP contribution in [0.4, 0.5) is 11.4 Å². The zero-order valence-electron chi connectivity index (χ0n) is 27.4. The van der Waals surface area contributed by atoms with Crippen molar-refractivity contribution in [3.63, 3.8) is 0 Å². The molecule has 2 atom stereocenters. The van der Waals surface area contributed by atoms with Crippen molar-refractivity contribution >= 4 is 46.4 Å². The van der Waals surface area contributed by atoms with E-state index in [9.17, 15) is 9.59 Å². The molecule has 0 aliphatic carbocycles. The molecule has 2 fully saturated rings. The summed E-state index contributed by atoms with van der Waals surface area (Å²) in [4.78, 5) is 32.1. The fourth-order valence-corrected chi connectivity index (χ4v) is 6.84. The summed E-state index contributed by atoms with van der Waals surface area (Å²) in [7, 11) is 3.25. The Balaban J connectivity index is 1.19. The Labute approximate surface area is 295 Å². The number of hydrogen-bond donors (Lipinski definition) is 5. The zero-order chi connectivity index (χ0) is 34.3. The van der Waals surface area contributed by atoms with Crippen LogP contribution in [-0.2, 0) is 22.7 Å². The summed E-state index contributed by atoms with van der Waals surface area (Å²) in [5, 5.41) is 17.1. The molecule has 2 aromatic heterocycles. The zero-order valence-corrected chi connectivity index (χ0v) is 28.9. The van der Waals surface area contributed by atoms with Crippen LogP contribution in [-0.4, -0.2) is 61.2 Å². The van der Waals surface area contributed by atoms with Crippen LogP contribution in [0.5, 0.6) is 11.5 Å². The van der Waals surface area contributed by atoms with Gasteiger partial charge in [0.1, 0.15) is 17.2 Å². The Morgan fingerprint density at radius 2 is 1.51 bits per heavy atom. The molecule has 49 heavy (non-hydrogen) atoms. The van der Waals surface area contributed by atoms with Crippen LogP contribution in [0.25, 0.3) is 22.4 Å². The van der Waals surface area contributed by atoms with Gasteiger partial charge in [0.15, 0.2) is 0 Å². The topological polar surface area (TPSA) is 139 Å². The molecule has 13 heteroatoms. The van der Waals surface area contributed by atoms with Crippen molar-refractivity contribution in [1.29, 1.82) is 0 Å². The smallest absolute Gasteiger partial charge is 0.220 e. The lowest BCUT2D eigenvalue weighted by atomic mass is 10.0. The van der Waals surface area contributed by atoms with Gasteiger partial charge in [-0.2, -0.15) is 0 Å². The summed E-state index contributed by atoms with van der Waals surface area (Å²) < 4.78 is 11.5. The average Bonchev–Trinajstić information content (AvgIpc) is 3.73. The van der Waals surface area contributed by atoms with Gasteiger partial charge in [-0.3, -0.25) is 19.6 Å². The van der Waals surface area contributed by atoms with Gasteiger partial charge in [0.25, 0.3) is 0 Å². The van der Waals surface area contributed by atoms with Crippen LogP contribution >= 0.6 is 23.2 Å². The van der Waals surface area contributed by atoms with Gasteiger partial charge in [-0.25, -0.2) is 0 Å². The van der Waals surface area contributed by atoms with E-state index in [0.29, 0.717) is 77.6 Å². The van der Waals surface area contributed by atoms with Gasteiger partial charge >= 0.3 is 0 Å². The lowest BCUT2D eigenvalue weighted by molar-refractivity contribution is -0.120. The summed E-state index contributed by atoms with van der Waals surface area (Å²) >= 11 is 14.1. The SMILES string of the molecule is COc1cc(-c2nccc(-c3cccc(Nc4cncc(CNC[C@@H]5CCC(=O)N5)c4OC)c3Cl)c2Cl)ccc1CNC[C@H]1CCC(=O)N1. The maximum Gasteiger partial charge on any atom is 0.220 e. The summed E-state index contributed by atoms with van der Waals surface area (Å²) in [5.74, 6) is 1.54.